The molecule has 0 aliphatic rings. The Hall–Kier alpha value is -0.990. The second kappa shape index (κ2) is 57.3. The van der Waals surface area contributed by atoms with Gasteiger partial charge in [0.1, 0.15) is 6.61 Å². The molecule has 0 rings (SSSR count). The first-order valence-electron chi connectivity index (χ1n) is 31.0. The molecule has 0 saturated heterocycles. The molecule has 0 aliphatic carbocycles. The van der Waals surface area contributed by atoms with Crippen LogP contribution in [0.4, 0.5) is 0 Å². The van der Waals surface area contributed by atoms with Gasteiger partial charge >= 0.3 is 19.8 Å². The smallest absolute Gasteiger partial charge is 0.462 e. The highest BCUT2D eigenvalue weighted by atomic mass is 31.2. The fourth-order valence-corrected chi connectivity index (χ4v) is 10.4. The van der Waals surface area contributed by atoms with Crippen molar-refractivity contribution in [3.05, 3.63) is 0 Å². The third-order valence-corrected chi connectivity index (χ3v) is 15.2. The number of ether oxygens (including phenoxy) is 2. The molecule has 418 valence electrons. The standard InChI is InChI=1S/C60H120NO8P/c1-3-5-7-9-11-13-15-17-19-21-23-24-25-26-27-28-29-30-31-32-33-34-35-37-39-41-43-45-47-49-51-53-60(63)69-58(57-68-70(64,65)67-55-54-61)56-66-59(62)52-50-48-46-44-42-40-38-36-22-20-18-16-14-12-10-8-6-4-2/h58H,3-57,61H2,1-2H3,(H,64,65). The normalized spacial score (nSPS) is 12.9. The molecule has 0 aromatic rings. The summed E-state index contributed by atoms with van der Waals surface area (Å²) in [5, 5.41) is 0. The molecule has 0 bridgehead atoms. The summed E-state index contributed by atoms with van der Waals surface area (Å²) in [4.78, 5) is 35.2. The van der Waals surface area contributed by atoms with E-state index in [4.69, 9.17) is 24.3 Å². The SMILES string of the molecule is CCCCCCCCCCCCCCCCCCCCCCCCCCCCCCCCCC(=O)OC(COC(=O)CCCCCCCCCCCCCCCCCCCC)COP(=O)(O)OCCN. The zero-order valence-electron chi connectivity index (χ0n) is 46.8. The van der Waals surface area contributed by atoms with Gasteiger partial charge in [0.25, 0.3) is 0 Å². The van der Waals surface area contributed by atoms with Crippen LogP contribution >= 0.6 is 7.82 Å². The number of hydrogen-bond donors (Lipinski definition) is 2. The van der Waals surface area contributed by atoms with Gasteiger partial charge in [-0.3, -0.25) is 18.6 Å². The molecule has 3 N–H and O–H groups in total. The predicted molar refractivity (Wildman–Crippen MR) is 298 cm³/mol. The van der Waals surface area contributed by atoms with Gasteiger partial charge in [0.2, 0.25) is 0 Å². The fraction of sp³-hybridized carbons (Fsp3) is 0.967. The van der Waals surface area contributed by atoms with Crippen molar-refractivity contribution in [2.45, 2.75) is 347 Å². The summed E-state index contributed by atoms with van der Waals surface area (Å²) in [5.74, 6) is -0.801. The summed E-state index contributed by atoms with van der Waals surface area (Å²) in [6, 6.07) is 0. The Labute approximate surface area is 435 Å². The average Bonchev–Trinajstić information content (AvgIpc) is 3.35. The van der Waals surface area contributed by atoms with Crippen LogP contribution in [0, 0.1) is 0 Å². The van der Waals surface area contributed by atoms with Gasteiger partial charge < -0.3 is 20.1 Å². The molecule has 70 heavy (non-hydrogen) atoms. The number of phosphoric ester groups is 1. The van der Waals surface area contributed by atoms with Gasteiger partial charge in [-0.2, -0.15) is 0 Å². The zero-order chi connectivity index (χ0) is 51.0. The highest BCUT2D eigenvalue weighted by molar-refractivity contribution is 7.47. The van der Waals surface area contributed by atoms with Crippen LogP contribution in [-0.2, 0) is 32.7 Å². The van der Waals surface area contributed by atoms with Crippen LogP contribution in [0.2, 0.25) is 0 Å². The Kier molecular flexibility index (Phi) is 56.5. The molecule has 0 aromatic heterocycles. The van der Waals surface area contributed by atoms with Crippen molar-refractivity contribution >= 4 is 19.8 Å². The summed E-state index contributed by atoms with van der Waals surface area (Å²) >= 11 is 0. The lowest BCUT2D eigenvalue weighted by Gasteiger charge is -2.19. The van der Waals surface area contributed by atoms with Gasteiger partial charge in [-0.25, -0.2) is 4.57 Å². The second-order valence-corrected chi connectivity index (χ2v) is 22.8. The Morgan fingerprint density at radius 1 is 0.371 bits per heavy atom. The summed E-state index contributed by atoms with van der Waals surface area (Å²) in [5.41, 5.74) is 5.39. The number of rotatable bonds is 60. The van der Waals surface area contributed by atoms with Crippen molar-refractivity contribution in [1.29, 1.82) is 0 Å². The van der Waals surface area contributed by atoms with Crippen molar-refractivity contribution in [3.8, 4) is 0 Å². The maximum absolute atomic E-state index is 12.7. The van der Waals surface area contributed by atoms with Crippen molar-refractivity contribution < 1.29 is 37.6 Å². The second-order valence-electron chi connectivity index (χ2n) is 21.3. The summed E-state index contributed by atoms with van der Waals surface area (Å²) in [6.07, 6.45) is 64.7. The van der Waals surface area contributed by atoms with Crippen LogP contribution in [0.3, 0.4) is 0 Å². The molecule has 9 nitrogen and oxygen atoms in total. The van der Waals surface area contributed by atoms with Gasteiger partial charge in [0, 0.05) is 19.4 Å². The molecule has 0 aromatic carbocycles. The van der Waals surface area contributed by atoms with E-state index in [1.165, 1.54) is 276 Å². The zero-order valence-corrected chi connectivity index (χ0v) is 47.7. The molecule has 2 unspecified atom stereocenters. The van der Waals surface area contributed by atoms with E-state index in [0.717, 1.165) is 32.1 Å². The van der Waals surface area contributed by atoms with Gasteiger partial charge in [0.15, 0.2) is 6.10 Å². The molecule has 2 atom stereocenters. The number of hydrogen-bond acceptors (Lipinski definition) is 8. The third kappa shape index (κ3) is 56.3. The van der Waals surface area contributed by atoms with Crippen LogP contribution in [0.1, 0.15) is 341 Å². The van der Waals surface area contributed by atoms with Crippen molar-refractivity contribution in [3.63, 3.8) is 0 Å². The first-order valence-corrected chi connectivity index (χ1v) is 32.5. The Bertz CT molecular complexity index is 1110. The summed E-state index contributed by atoms with van der Waals surface area (Å²) < 4.78 is 33.1. The number of nitrogens with two attached hydrogens (primary N) is 1. The maximum atomic E-state index is 12.7. The van der Waals surface area contributed by atoms with Crippen LogP contribution in [0.25, 0.3) is 0 Å². The average molecular weight is 1010 g/mol. The van der Waals surface area contributed by atoms with Crippen LogP contribution in [0.5, 0.6) is 0 Å². The number of phosphoric acid groups is 1. The Balaban J connectivity index is 3.82. The minimum absolute atomic E-state index is 0.0586. The molecular formula is C60H120NO8P. The number of esters is 2. The van der Waals surface area contributed by atoms with Gasteiger partial charge in [-0.15, -0.1) is 0 Å². The van der Waals surface area contributed by atoms with Crippen LogP contribution in [-0.4, -0.2) is 49.3 Å². The van der Waals surface area contributed by atoms with E-state index in [1.54, 1.807) is 0 Å². The Morgan fingerprint density at radius 2 is 0.614 bits per heavy atom. The minimum atomic E-state index is -4.38. The lowest BCUT2D eigenvalue weighted by molar-refractivity contribution is -0.161. The molecule has 0 heterocycles. The predicted octanol–water partition coefficient (Wildman–Crippen LogP) is 19.5. The van der Waals surface area contributed by atoms with Gasteiger partial charge in [-0.1, -0.05) is 316 Å². The van der Waals surface area contributed by atoms with Crippen molar-refractivity contribution in [1.82, 2.24) is 0 Å². The topological polar surface area (TPSA) is 134 Å². The van der Waals surface area contributed by atoms with E-state index < -0.39 is 26.5 Å². The molecule has 0 aliphatic heterocycles. The molecule has 0 fully saturated rings. The summed E-state index contributed by atoms with van der Waals surface area (Å²) in [6.45, 7) is 3.83. The Morgan fingerprint density at radius 3 is 0.871 bits per heavy atom. The number of unbranched alkanes of at least 4 members (excludes halogenated alkanes) is 47. The molecule has 0 saturated carbocycles. The van der Waals surface area contributed by atoms with Crippen LogP contribution in [0.15, 0.2) is 0 Å². The molecule has 0 spiro atoms. The van der Waals surface area contributed by atoms with Gasteiger partial charge in [-0.05, 0) is 12.8 Å². The van der Waals surface area contributed by atoms with Crippen LogP contribution < -0.4 is 5.73 Å². The lowest BCUT2D eigenvalue weighted by Crippen LogP contribution is -2.29. The molecular weight excluding hydrogens is 894 g/mol. The minimum Gasteiger partial charge on any atom is -0.462 e. The highest BCUT2D eigenvalue weighted by Crippen LogP contribution is 2.43. The molecule has 0 radical (unpaired) electrons. The van der Waals surface area contributed by atoms with E-state index in [2.05, 4.69) is 13.8 Å². The largest absolute Gasteiger partial charge is 0.472 e. The first kappa shape index (κ1) is 69.0. The molecule has 10 heteroatoms. The monoisotopic (exact) mass is 1010 g/mol. The number of carbonyl (C=O) groups excluding carboxylic acids is 2. The number of carbonyl (C=O) groups is 2. The first-order chi connectivity index (χ1) is 34.3. The van der Waals surface area contributed by atoms with E-state index in [1.807, 2.05) is 0 Å². The fourth-order valence-electron chi connectivity index (χ4n) is 9.64. The quantitative estimate of drug-likeness (QED) is 0.0347. The van der Waals surface area contributed by atoms with Crippen molar-refractivity contribution in [2.75, 3.05) is 26.4 Å². The summed E-state index contributed by atoms with van der Waals surface area (Å²) in [7, 11) is -4.38. The lowest BCUT2D eigenvalue weighted by atomic mass is 10.0. The van der Waals surface area contributed by atoms with E-state index in [-0.39, 0.29) is 38.6 Å². The highest BCUT2D eigenvalue weighted by Gasteiger charge is 2.26. The van der Waals surface area contributed by atoms with E-state index in [9.17, 15) is 19.0 Å². The molecule has 0 amide bonds. The third-order valence-electron chi connectivity index (χ3n) is 14.2. The van der Waals surface area contributed by atoms with Crippen molar-refractivity contribution in [2.24, 2.45) is 5.73 Å². The van der Waals surface area contributed by atoms with E-state index in [0.29, 0.717) is 6.42 Å². The van der Waals surface area contributed by atoms with E-state index >= 15 is 0 Å². The van der Waals surface area contributed by atoms with Gasteiger partial charge in [0.05, 0.1) is 13.2 Å². The maximum Gasteiger partial charge on any atom is 0.472 e.